The number of benzene rings is 1. The molecule has 1 saturated heterocycles. The summed E-state index contributed by atoms with van der Waals surface area (Å²) in [6, 6.07) is 14.3. The van der Waals surface area contributed by atoms with Crippen molar-refractivity contribution in [2.75, 3.05) is 20.1 Å². The van der Waals surface area contributed by atoms with Gasteiger partial charge in [0.05, 0.1) is 6.04 Å². The van der Waals surface area contributed by atoms with Gasteiger partial charge < -0.3 is 14.5 Å². The molecule has 6 heteroatoms. The van der Waals surface area contributed by atoms with Gasteiger partial charge in [0.1, 0.15) is 11.3 Å². The zero-order valence-corrected chi connectivity index (χ0v) is 20.2. The SMILES string of the molecule is CN(C(=O)c1cccc(C2CCN(C(=O)OC(C)(C)C)CC2)n1)C1CCCc2ccccc21. The molecule has 1 aliphatic carbocycles. The molecule has 2 aliphatic rings. The first-order valence-electron chi connectivity index (χ1n) is 12.0. The zero-order chi connectivity index (χ0) is 23.6. The Balaban J connectivity index is 1.42. The van der Waals surface area contributed by atoms with Gasteiger partial charge in [-0.2, -0.15) is 0 Å². The van der Waals surface area contributed by atoms with Gasteiger partial charge in [-0.1, -0.05) is 30.3 Å². The maximum absolute atomic E-state index is 13.4. The Bertz CT molecular complexity index is 1010. The van der Waals surface area contributed by atoms with E-state index in [1.807, 2.05) is 50.9 Å². The number of amides is 2. The zero-order valence-electron chi connectivity index (χ0n) is 20.2. The van der Waals surface area contributed by atoms with Crippen LogP contribution in [0.25, 0.3) is 0 Å². The molecule has 2 amide bonds. The predicted octanol–water partition coefficient (Wildman–Crippen LogP) is 5.35. The van der Waals surface area contributed by atoms with Crippen LogP contribution in [0.3, 0.4) is 0 Å². The van der Waals surface area contributed by atoms with Crippen molar-refractivity contribution in [1.82, 2.24) is 14.8 Å². The lowest BCUT2D eigenvalue weighted by Gasteiger charge is -2.34. The number of hydrogen-bond acceptors (Lipinski definition) is 4. The first kappa shape index (κ1) is 23.3. The van der Waals surface area contributed by atoms with Gasteiger partial charge in [0.2, 0.25) is 0 Å². The van der Waals surface area contributed by atoms with Crippen LogP contribution in [0.1, 0.15) is 85.7 Å². The van der Waals surface area contributed by atoms with E-state index < -0.39 is 5.60 Å². The molecule has 2 aromatic rings. The van der Waals surface area contributed by atoms with Crippen LogP contribution in [0.15, 0.2) is 42.5 Å². The van der Waals surface area contributed by atoms with Crippen LogP contribution in [-0.4, -0.2) is 52.5 Å². The van der Waals surface area contributed by atoms with Gasteiger partial charge in [0.25, 0.3) is 5.91 Å². The van der Waals surface area contributed by atoms with Crippen LogP contribution in [0.2, 0.25) is 0 Å². The van der Waals surface area contributed by atoms with E-state index >= 15 is 0 Å². The van der Waals surface area contributed by atoms with E-state index in [0.717, 1.165) is 37.8 Å². The molecule has 6 nitrogen and oxygen atoms in total. The smallest absolute Gasteiger partial charge is 0.410 e. The van der Waals surface area contributed by atoms with Crippen LogP contribution >= 0.6 is 0 Å². The number of ether oxygens (including phenoxy) is 1. The monoisotopic (exact) mass is 449 g/mol. The maximum Gasteiger partial charge on any atom is 0.410 e. The standard InChI is InChI=1S/C27H35N3O3/c1-27(2,3)33-26(32)30-17-15-20(16-18-30)22-12-8-13-23(28-22)25(31)29(4)24-14-7-10-19-9-5-6-11-21(19)24/h5-6,8-9,11-13,20,24H,7,10,14-18H2,1-4H3. The minimum absolute atomic E-state index is 0.0373. The first-order chi connectivity index (χ1) is 15.7. The van der Waals surface area contributed by atoms with E-state index in [1.165, 1.54) is 11.1 Å². The van der Waals surface area contributed by atoms with Crippen molar-refractivity contribution >= 4 is 12.0 Å². The Morgan fingerprint density at radius 3 is 2.48 bits per heavy atom. The number of hydrogen-bond donors (Lipinski definition) is 0. The van der Waals surface area contributed by atoms with Crippen LogP contribution in [-0.2, 0) is 11.2 Å². The summed E-state index contributed by atoms with van der Waals surface area (Å²) in [5.41, 5.74) is 3.53. The van der Waals surface area contributed by atoms with Gasteiger partial charge in [0, 0.05) is 31.7 Å². The number of carbonyl (C=O) groups is 2. The minimum atomic E-state index is -0.491. The number of rotatable bonds is 3. The summed E-state index contributed by atoms with van der Waals surface area (Å²) in [4.78, 5) is 34.1. The number of nitrogens with zero attached hydrogens (tertiary/aromatic N) is 3. The summed E-state index contributed by atoms with van der Waals surface area (Å²) in [6.45, 7) is 6.92. The van der Waals surface area contributed by atoms with E-state index in [0.29, 0.717) is 18.8 Å². The van der Waals surface area contributed by atoms with Gasteiger partial charge in [-0.15, -0.1) is 0 Å². The number of pyridine rings is 1. The molecule has 0 radical (unpaired) electrons. The molecular weight excluding hydrogens is 414 g/mol. The van der Waals surface area contributed by atoms with Crippen LogP contribution < -0.4 is 0 Å². The summed E-state index contributed by atoms with van der Waals surface area (Å²) >= 11 is 0. The molecular formula is C27H35N3O3. The normalized spacial score (nSPS) is 19.0. The molecule has 0 N–H and O–H groups in total. The lowest BCUT2D eigenvalue weighted by Crippen LogP contribution is -2.41. The Labute approximate surface area is 196 Å². The fourth-order valence-corrected chi connectivity index (χ4v) is 4.94. The third-order valence-corrected chi connectivity index (χ3v) is 6.68. The average molecular weight is 450 g/mol. The number of likely N-dealkylation sites (tertiary alicyclic amines) is 1. The Morgan fingerprint density at radius 2 is 1.76 bits per heavy atom. The van der Waals surface area contributed by atoms with E-state index in [1.54, 1.807) is 4.90 Å². The molecule has 4 rings (SSSR count). The van der Waals surface area contributed by atoms with Gasteiger partial charge >= 0.3 is 6.09 Å². The maximum atomic E-state index is 13.4. The van der Waals surface area contributed by atoms with Crippen molar-refractivity contribution in [2.24, 2.45) is 0 Å². The minimum Gasteiger partial charge on any atom is -0.444 e. The number of aromatic nitrogens is 1. The topological polar surface area (TPSA) is 62.7 Å². The van der Waals surface area contributed by atoms with Gasteiger partial charge in [-0.3, -0.25) is 4.79 Å². The molecule has 1 aliphatic heterocycles. The highest BCUT2D eigenvalue weighted by Crippen LogP contribution is 2.34. The molecule has 1 aromatic carbocycles. The summed E-state index contributed by atoms with van der Waals surface area (Å²) < 4.78 is 5.50. The fraction of sp³-hybridized carbons (Fsp3) is 0.519. The molecule has 1 atom stereocenters. The number of fused-ring (bicyclic) bond motifs is 1. The van der Waals surface area contributed by atoms with Crippen molar-refractivity contribution in [3.05, 3.63) is 65.0 Å². The van der Waals surface area contributed by atoms with Crippen molar-refractivity contribution in [3.63, 3.8) is 0 Å². The molecule has 33 heavy (non-hydrogen) atoms. The molecule has 176 valence electrons. The van der Waals surface area contributed by atoms with Gasteiger partial charge in [-0.25, -0.2) is 9.78 Å². The largest absolute Gasteiger partial charge is 0.444 e. The molecule has 0 spiro atoms. The average Bonchev–Trinajstić information content (AvgIpc) is 2.82. The lowest BCUT2D eigenvalue weighted by atomic mass is 9.87. The van der Waals surface area contributed by atoms with E-state index in [4.69, 9.17) is 9.72 Å². The summed E-state index contributed by atoms with van der Waals surface area (Å²) in [7, 11) is 1.89. The molecule has 0 saturated carbocycles. The third-order valence-electron chi connectivity index (χ3n) is 6.68. The predicted molar refractivity (Wildman–Crippen MR) is 128 cm³/mol. The quantitative estimate of drug-likeness (QED) is 0.634. The Hall–Kier alpha value is -2.89. The molecule has 1 aromatic heterocycles. The van der Waals surface area contributed by atoms with Crippen molar-refractivity contribution < 1.29 is 14.3 Å². The van der Waals surface area contributed by atoms with E-state index in [9.17, 15) is 9.59 Å². The third kappa shape index (κ3) is 5.37. The van der Waals surface area contributed by atoms with Crippen LogP contribution in [0.4, 0.5) is 4.79 Å². The molecule has 0 bridgehead atoms. The van der Waals surface area contributed by atoms with Crippen molar-refractivity contribution in [2.45, 2.75) is 70.4 Å². The van der Waals surface area contributed by atoms with E-state index in [2.05, 4.69) is 24.3 Å². The highest BCUT2D eigenvalue weighted by Gasteiger charge is 2.30. The van der Waals surface area contributed by atoms with Gasteiger partial charge in [0.15, 0.2) is 0 Å². The second-order valence-electron chi connectivity index (χ2n) is 10.2. The van der Waals surface area contributed by atoms with Crippen LogP contribution in [0.5, 0.6) is 0 Å². The second kappa shape index (κ2) is 9.54. The lowest BCUT2D eigenvalue weighted by molar-refractivity contribution is 0.0204. The summed E-state index contributed by atoms with van der Waals surface area (Å²) in [5.74, 6) is 0.196. The molecule has 1 unspecified atom stereocenters. The van der Waals surface area contributed by atoms with Gasteiger partial charge in [-0.05, 0) is 76.1 Å². The second-order valence-corrected chi connectivity index (χ2v) is 10.2. The number of carbonyl (C=O) groups excluding carboxylic acids is 2. The highest BCUT2D eigenvalue weighted by molar-refractivity contribution is 5.92. The molecule has 1 fully saturated rings. The summed E-state index contributed by atoms with van der Waals surface area (Å²) in [5, 5.41) is 0. The number of aryl methyl sites for hydroxylation is 1. The highest BCUT2D eigenvalue weighted by atomic mass is 16.6. The van der Waals surface area contributed by atoms with Crippen molar-refractivity contribution in [1.29, 1.82) is 0 Å². The van der Waals surface area contributed by atoms with Crippen molar-refractivity contribution in [3.8, 4) is 0 Å². The summed E-state index contributed by atoms with van der Waals surface area (Å²) in [6.07, 6.45) is 4.51. The van der Waals surface area contributed by atoms with E-state index in [-0.39, 0.29) is 24.0 Å². The molecule has 2 heterocycles. The first-order valence-corrected chi connectivity index (χ1v) is 12.0. The Morgan fingerprint density at radius 1 is 1.03 bits per heavy atom. The Kier molecular flexibility index (Phi) is 6.73. The van der Waals surface area contributed by atoms with Crippen LogP contribution in [0, 0.1) is 0 Å². The fourth-order valence-electron chi connectivity index (χ4n) is 4.94. The number of piperidine rings is 1.